The first kappa shape index (κ1) is 13.7. The number of carboxylic acids is 1. The topological polar surface area (TPSA) is 102 Å². The Balaban J connectivity index is 2.28. The highest BCUT2D eigenvalue weighted by Crippen LogP contribution is 2.21. The van der Waals surface area contributed by atoms with Gasteiger partial charge in [0.15, 0.2) is 0 Å². The Bertz CT molecular complexity index is 688. The number of phenolic OH excluding ortho intramolecular Hbond substituents is 1. The van der Waals surface area contributed by atoms with Crippen LogP contribution in [0.2, 0.25) is 0 Å². The van der Waals surface area contributed by atoms with Crippen LogP contribution in [0.1, 0.15) is 32.0 Å². The predicted octanol–water partition coefficient (Wildman–Crippen LogP) is 2.29. The Labute approximate surface area is 115 Å². The molecular weight excluding hydrogens is 260 g/mol. The Hall–Kier alpha value is -2.76. The molecule has 2 aromatic rings. The van der Waals surface area contributed by atoms with Crippen molar-refractivity contribution in [1.29, 1.82) is 0 Å². The van der Waals surface area contributed by atoms with Gasteiger partial charge in [0, 0.05) is 17.5 Å². The SMILES string of the molecule is Cc1cc(C(=O)Nc2c[nH]c(C)c2C(=O)O)ccc1O. The van der Waals surface area contributed by atoms with Gasteiger partial charge in [0.05, 0.1) is 5.69 Å². The summed E-state index contributed by atoms with van der Waals surface area (Å²) in [6, 6.07) is 4.42. The van der Waals surface area contributed by atoms with E-state index in [1.165, 1.54) is 24.4 Å². The molecule has 0 fully saturated rings. The van der Waals surface area contributed by atoms with E-state index < -0.39 is 11.9 Å². The summed E-state index contributed by atoms with van der Waals surface area (Å²) in [6.45, 7) is 3.29. The molecule has 0 spiro atoms. The van der Waals surface area contributed by atoms with E-state index in [0.717, 1.165) is 0 Å². The minimum Gasteiger partial charge on any atom is -0.508 e. The molecule has 0 aliphatic rings. The van der Waals surface area contributed by atoms with Crippen LogP contribution in [0.5, 0.6) is 5.75 Å². The van der Waals surface area contributed by atoms with Gasteiger partial charge in [-0.15, -0.1) is 0 Å². The van der Waals surface area contributed by atoms with Crippen LogP contribution in [0.15, 0.2) is 24.4 Å². The van der Waals surface area contributed by atoms with Gasteiger partial charge in [-0.2, -0.15) is 0 Å². The van der Waals surface area contributed by atoms with Gasteiger partial charge in [0.1, 0.15) is 11.3 Å². The number of rotatable bonds is 3. The first-order chi connectivity index (χ1) is 9.40. The second-order valence-electron chi connectivity index (χ2n) is 4.46. The van der Waals surface area contributed by atoms with Crippen LogP contribution < -0.4 is 5.32 Å². The van der Waals surface area contributed by atoms with Crippen LogP contribution in [0.3, 0.4) is 0 Å². The number of aryl methyl sites for hydroxylation is 2. The van der Waals surface area contributed by atoms with Gasteiger partial charge in [-0.25, -0.2) is 4.79 Å². The third-order valence-electron chi connectivity index (χ3n) is 3.00. The number of aromatic nitrogens is 1. The smallest absolute Gasteiger partial charge is 0.339 e. The number of amides is 1. The molecule has 0 saturated carbocycles. The molecule has 1 aromatic carbocycles. The number of carbonyl (C=O) groups is 2. The molecule has 6 nitrogen and oxygen atoms in total. The summed E-state index contributed by atoms with van der Waals surface area (Å²) in [5.41, 5.74) is 1.63. The van der Waals surface area contributed by atoms with E-state index in [-0.39, 0.29) is 17.0 Å². The fraction of sp³-hybridized carbons (Fsp3) is 0.143. The number of carboxylic acid groups (broad SMARTS) is 1. The van der Waals surface area contributed by atoms with Crippen LogP contribution in [-0.2, 0) is 0 Å². The number of anilines is 1. The lowest BCUT2D eigenvalue weighted by Crippen LogP contribution is -2.14. The molecule has 1 amide bonds. The second-order valence-corrected chi connectivity index (χ2v) is 4.46. The highest BCUT2D eigenvalue weighted by atomic mass is 16.4. The van der Waals surface area contributed by atoms with Gasteiger partial charge in [0.2, 0.25) is 0 Å². The average molecular weight is 274 g/mol. The van der Waals surface area contributed by atoms with Crippen LogP contribution >= 0.6 is 0 Å². The van der Waals surface area contributed by atoms with Crippen molar-refractivity contribution in [2.45, 2.75) is 13.8 Å². The molecule has 0 aliphatic carbocycles. The molecule has 0 unspecified atom stereocenters. The molecule has 6 heteroatoms. The van der Waals surface area contributed by atoms with E-state index in [0.29, 0.717) is 16.8 Å². The number of carbonyl (C=O) groups excluding carboxylic acids is 1. The molecule has 4 N–H and O–H groups in total. The lowest BCUT2D eigenvalue weighted by molar-refractivity contribution is 0.0697. The molecule has 0 atom stereocenters. The van der Waals surface area contributed by atoms with E-state index >= 15 is 0 Å². The molecule has 2 rings (SSSR count). The molecule has 104 valence electrons. The van der Waals surface area contributed by atoms with E-state index in [1.807, 2.05) is 0 Å². The Morgan fingerprint density at radius 2 is 1.95 bits per heavy atom. The minimum atomic E-state index is -1.11. The van der Waals surface area contributed by atoms with Crippen LogP contribution in [0, 0.1) is 13.8 Å². The molecular formula is C14H14N2O4. The maximum atomic E-state index is 12.1. The molecule has 0 saturated heterocycles. The number of hydrogen-bond acceptors (Lipinski definition) is 3. The van der Waals surface area contributed by atoms with Crippen LogP contribution in [-0.4, -0.2) is 27.1 Å². The highest BCUT2D eigenvalue weighted by molar-refractivity contribution is 6.08. The first-order valence-electron chi connectivity index (χ1n) is 5.92. The minimum absolute atomic E-state index is 0.0360. The van der Waals surface area contributed by atoms with Crippen molar-refractivity contribution >= 4 is 17.6 Å². The van der Waals surface area contributed by atoms with E-state index in [2.05, 4.69) is 10.3 Å². The molecule has 0 radical (unpaired) electrons. The standard InChI is InChI=1S/C14H14N2O4/c1-7-5-9(3-4-11(7)17)13(18)16-10-6-15-8(2)12(10)14(19)20/h3-6,15,17H,1-2H3,(H,16,18)(H,19,20). The second kappa shape index (κ2) is 5.08. The fourth-order valence-electron chi connectivity index (χ4n) is 1.89. The van der Waals surface area contributed by atoms with Crippen molar-refractivity contribution in [1.82, 2.24) is 4.98 Å². The Morgan fingerprint density at radius 1 is 1.25 bits per heavy atom. The number of hydrogen-bond donors (Lipinski definition) is 4. The summed E-state index contributed by atoms with van der Waals surface area (Å²) in [5, 5.41) is 21.1. The van der Waals surface area contributed by atoms with Gasteiger partial charge in [0.25, 0.3) is 5.91 Å². The molecule has 1 heterocycles. The summed E-state index contributed by atoms with van der Waals surface area (Å²) in [6.07, 6.45) is 1.43. The quantitative estimate of drug-likeness (QED) is 0.689. The number of H-pyrrole nitrogens is 1. The van der Waals surface area contributed by atoms with Crippen molar-refractivity contribution in [3.63, 3.8) is 0 Å². The number of phenols is 1. The monoisotopic (exact) mass is 274 g/mol. The summed E-state index contributed by atoms with van der Waals surface area (Å²) in [4.78, 5) is 25.9. The Morgan fingerprint density at radius 3 is 2.55 bits per heavy atom. The summed E-state index contributed by atoms with van der Waals surface area (Å²) in [5.74, 6) is -1.44. The van der Waals surface area contributed by atoms with Gasteiger partial charge in [-0.3, -0.25) is 4.79 Å². The maximum Gasteiger partial charge on any atom is 0.339 e. The summed E-state index contributed by atoms with van der Waals surface area (Å²) >= 11 is 0. The number of benzene rings is 1. The number of aromatic amines is 1. The average Bonchev–Trinajstić information content (AvgIpc) is 2.73. The van der Waals surface area contributed by atoms with Crippen molar-refractivity contribution in [2.75, 3.05) is 5.32 Å². The zero-order chi connectivity index (χ0) is 14.9. The number of aromatic carboxylic acids is 1. The highest BCUT2D eigenvalue weighted by Gasteiger charge is 2.18. The van der Waals surface area contributed by atoms with Crippen molar-refractivity contribution in [3.05, 3.63) is 46.8 Å². The molecule has 0 aliphatic heterocycles. The summed E-state index contributed by atoms with van der Waals surface area (Å²) in [7, 11) is 0. The number of aromatic hydroxyl groups is 1. The number of nitrogens with one attached hydrogen (secondary N) is 2. The van der Waals surface area contributed by atoms with Gasteiger partial charge in [-0.1, -0.05) is 0 Å². The molecule has 20 heavy (non-hydrogen) atoms. The van der Waals surface area contributed by atoms with Crippen molar-refractivity contribution in [3.8, 4) is 5.75 Å². The van der Waals surface area contributed by atoms with Crippen molar-refractivity contribution in [2.24, 2.45) is 0 Å². The molecule has 1 aromatic heterocycles. The van der Waals surface area contributed by atoms with Crippen LogP contribution in [0.25, 0.3) is 0 Å². The zero-order valence-electron chi connectivity index (χ0n) is 11.0. The van der Waals surface area contributed by atoms with E-state index in [4.69, 9.17) is 5.11 Å². The van der Waals surface area contributed by atoms with Crippen LogP contribution in [0.4, 0.5) is 5.69 Å². The lowest BCUT2D eigenvalue weighted by atomic mass is 10.1. The predicted molar refractivity (Wildman–Crippen MR) is 73.3 cm³/mol. The Kier molecular flexibility index (Phi) is 3.47. The fourth-order valence-corrected chi connectivity index (χ4v) is 1.89. The van der Waals surface area contributed by atoms with Crippen molar-refractivity contribution < 1.29 is 19.8 Å². The van der Waals surface area contributed by atoms with E-state index in [9.17, 15) is 14.7 Å². The molecule has 0 bridgehead atoms. The largest absolute Gasteiger partial charge is 0.508 e. The third kappa shape index (κ3) is 2.49. The first-order valence-corrected chi connectivity index (χ1v) is 5.92. The van der Waals surface area contributed by atoms with Gasteiger partial charge < -0.3 is 20.5 Å². The van der Waals surface area contributed by atoms with Gasteiger partial charge >= 0.3 is 5.97 Å². The zero-order valence-corrected chi connectivity index (χ0v) is 11.0. The maximum absolute atomic E-state index is 12.1. The third-order valence-corrected chi connectivity index (χ3v) is 3.00. The normalized spacial score (nSPS) is 10.3. The van der Waals surface area contributed by atoms with E-state index in [1.54, 1.807) is 13.8 Å². The lowest BCUT2D eigenvalue weighted by Gasteiger charge is -2.06. The van der Waals surface area contributed by atoms with Gasteiger partial charge in [-0.05, 0) is 37.6 Å². The summed E-state index contributed by atoms with van der Waals surface area (Å²) < 4.78 is 0.